The van der Waals surface area contributed by atoms with E-state index in [0.29, 0.717) is 5.71 Å². The minimum absolute atomic E-state index is 0.560. The fourth-order valence-corrected chi connectivity index (χ4v) is 2.38. The first-order valence-electron chi connectivity index (χ1n) is 6.64. The van der Waals surface area contributed by atoms with E-state index in [1.54, 1.807) is 13.3 Å². The zero-order valence-electron chi connectivity index (χ0n) is 11.4. The maximum absolute atomic E-state index is 5.76. The molecule has 4 nitrogen and oxygen atoms in total. The summed E-state index contributed by atoms with van der Waals surface area (Å²) in [6.07, 6.45) is 1.77. The zero-order valence-corrected chi connectivity index (χ0v) is 11.4. The first-order valence-corrected chi connectivity index (χ1v) is 6.64. The van der Waals surface area contributed by atoms with Crippen LogP contribution in [-0.2, 0) is 0 Å². The Kier molecular flexibility index (Phi) is 2.60. The van der Waals surface area contributed by atoms with Crippen LogP contribution in [0.1, 0.15) is 0 Å². The number of aromatic nitrogens is 2. The topological polar surface area (TPSA) is 48.2 Å². The average molecular weight is 276 g/mol. The molecule has 4 aromatic rings. The average Bonchev–Trinajstić information content (AvgIpc) is 2.92. The van der Waals surface area contributed by atoms with Gasteiger partial charge >= 0.3 is 0 Å². The molecule has 0 amide bonds. The first kappa shape index (κ1) is 11.9. The van der Waals surface area contributed by atoms with E-state index in [9.17, 15) is 0 Å². The summed E-state index contributed by atoms with van der Waals surface area (Å²) >= 11 is 0. The Morgan fingerprint density at radius 3 is 2.62 bits per heavy atom. The fourth-order valence-electron chi connectivity index (χ4n) is 2.38. The number of furan rings is 1. The van der Waals surface area contributed by atoms with Gasteiger partial charge < -0.3 is 9.15 Å². The maximum Gasteiger partial charge on any atom is 0.246 e. The van der Waals surface area contributed by atoms with Crippen molar-refractivity contribution in [3.63, 3.8) is 0 Å². The standard InChI is InChI=1S/C17H12N2O2/c1-20-12-8-6-11(7-9-12)14-10-18-16-13-4-2-3-5-15(13)21-17(16)19-14/h2-10H,1H3. The van der Waals surface area contributed by atoms with Gasteiger partial charge in [0.05, 0.1) is 19.0 Å². The van der Waals surface area contributed by atoms with Crippen molar-refractivity contribution in [2.45, 2.75) is 0 Å². The molecule has 0 unspecified atom stereocenters. The molecule has 0 saturated heterocycles. The highest BCUT2D eigenvalue weighted by atomic mass is 16.5. The molecular weight excluding hydrogens is 264 g/mol. The number of para-hydroxylation sites is 1. The van der Waals surface area contributed by atoms with Gasteiger partial charge in [-0.3, -0.25) is 0 Å². The van der Waals surface area contributed by atoms with E-state index in [1.807, 2.05) is 48.5 Å². The predicted octanol–water partition coefficient (Wildman–Crippen LogP) is 4.05. The number of hydrogen-bond acceptors (Lipinski definition) is 4. The Labute approximate surface area is 121 Å². The van der Waals surface area contributed by atoms with Gasteiger partial charge in [0.15, 0.2) is 0 Å². The van der Waals surface area contributed by atoms with Crippen LogP contribution in [-0.4, -0.2) is 17.1 Å². The Hall–Kier alpha value is -2.88. The normalized spacial score (nSPS) is 11.1. The minimum atomic E-state index is 0.560. The lowest BCUT2D eigenvalue weighted by Gasteiger charge is -2.02. The van der Waals surface area contributed by atoms with Gasteiger partial charge in [0.2, 0.25) is 5.71 Å². The molecule has 0 aliphatic heterocycles. The highest BCUT2D eigenvalue weighted by Crippen LogP contribution is 2.28. The monoisotopic (exact) mass is 276 g/mol. The van der Waals surface area contributed by atoms with Gasteiger partial charge in [0.25, 0.3) is 0 Å². The highest BCUT2D eigenvalue weighted by Gasteiger charge is 2.10. The Morgan fingerprint density at radius 2 is 1.81 bits per heavy atom. The van der Waals surface area contributed by atoms with E-state index in [0.717, 1.165) is 33.5 Å². The molecule has 0 bridgehead atoms. The predicted molar refractivity (Wildman–Crippen MR) is 81.3 cm³/mol. The molecular formula is C17H12N2O2. The molecule has 21 heavy (non-hydrogen) atoms. The van der Waals surface area contributed by atoms with Crippen molar-refractivity contribution in [1.82, 2.24) is 9.97 Å². The van der Waals surface area contributed by atoms with Crippen molar-refractivity contribution < 1.29 is 9.15 Å². The van der Waals surface area contributed by atoms with E-state index in [4.69, 9.17) is 9.15 Å². The first-order chi connectivity index (χ1) is 10.3. The van der Waals surface area contributed by atoms with E-state index >= 15 is 0 Å². The summed E-state index contributed by atoms with van der Waals surface area (Å²) in [7, 11) is 1.65. The smallest absolute Gasteiger partial charge is 0.246 e. The number of hydrogen-bond donors (Lipinski definition) is 0. The van der Waals surface area contributed by atoms with Crippen LogP contribution >= 0.6 is 0 Å². The molecule has 0 radical (unpaired) electrons. The molecule has 0 fully saturated rings. The summed E-state index contributed by atoms with van der Waals surface area (Å²) in [5, 5.41) is 0.987. The molecule has 0 saturated carbocycles. The minimum Gasteiger partial charge on any atom is -0.497 e. The second-order valence-corrected chi connectivity index (χ2v) is 4.74. The van der Waals surface area contributed by atoms with Crippen molar-refractivity contribution in [1.29, 1.82) is 0 Å². The number of methoxy groups -OCH3 is 1. The summed E-state index contributed by atoms with van der Waals surface area (Å²) in [5.74, 6) is 0.816. The van der Waals surface area contributed by atoms with E-state index in [2.05, 4.69) is 9.97 Å². The Morgan fingerprint density at radius 1 is 1.00 bits per heavy atom. The number of benzene rings is 2. The van der Waals surface area contributed by atoms with Crippen LogP contribution < -0.4 is 4.74 Å². The van der Waals surface area contributed by atoms with Crippen molar-refractivity contribution in [2.24, 2.45) is 0 Å². The van der Waals surface area contributed by atoms with Crippen molar-refractivity contribution in [3.8, 4) is 17.0 Å². The number of fused-ring (bicyclic) bond motifs is 3. The lowest BCUT2D eigenvalue weighted by atomic mass is 10.1. The fraction of sp³-hybridized carbons (Fsp3) is 0.0588. The van der Waals surface area contributed by atoms with Crippen LogP contribution in [0.5, 0.6) is 5.75 Å². The molecule has 0 N–H and O–H groups in total. The quantitative estimate of drug-likeness (QED) is 0.554. The molecule has 0 aliphatic carbocycles. The van der Waals surface area contributed by atoms with Gasteiger partial charge in [-0.05, 0) is 36.4 Å². The van der Waals surface area contributed by atoms with Crippen molar-refractivity contribution in [2.75, 3.05) is 7.11 Å². The molecule has 0 spiro atoms. The van der Waals surface area contributed by atoms with Crippen molar-refractivity contribution >= 4 is 22.2 Å². The van der Waals surface area contributed by atoms with Gasteiger partial charge in [-0.2, -0.15) is 0 Å². The second-order valence-electron chi connectivity index (χ2n) is 4.74. The molecule has 2 aromatic carbocycles. The lowest BCUT2D eigenvalue weighted by molar-refractivity contribution is 0.415. The van der Waals surface area contributed by atoms with Crippen LogP contribution in [0.3, 0.4) is 0 Å². The highest BCUT2D eigenvalue weighted by molar-refractivity contribution is 6.01. The van der Waals surface area contributed by atoms with E-state index in [-0.39, 0.29) is 0 Å². The van der Waals surface area contributed by atoms with E-state index < -0.39 is 0 Å². The number of nitrogens with zero attached hydrogens (tertiary/aromatic N) is 2. The third kappa shape index (κ3) is 1.92. The molecule has 0 aliphatic rings. The molecule has 102 valence electrons. The third-order valence-electron chi connectivity index (χ3n) is 3.48. The van der Waals surface area contributed by atoms with Gasteiger partial charge in [-0.25, -0.2) is 9.97 Å². The summed E-state index contributed by atoms with van der Waals surface area (Å²) < 4.78 is 10.9. The van der Waals surface area contributed by atoms with Gasteiger partial charge in [0, 0.05) is 10.9 Å². The number of ether oxygens (including phenoxy) is 1. The Bertz CT molecular complexity index is 926. The maximum atomic E-state index is 5.76. The third-order valence-corrected chi connectivity index (χ3v) is 3.48. The van der Waals surface area contributed by atoms with Gasteiger partial charge in [-0.15, -0.1) is 0 Å². The van der Waals surface area contributed by atoms with Crippen LogP contribution in [0.4, 0.5) is 0 Å². The molecule has 4 rings (SSSR count). The molecule has 0 atom stereocenters. The molecule has 2 aromatic heterocycles. The van der Waals surface area contributed by atoms with Crippen LogP contribution in [0, 0.1) is 0 Å². The Balaban J connectivity index is 1.87. The second kappa shape index (κ2) is 4.59. The van der Waals surface area contributed by atoms with Gasteiger partial charge in [-0.1, -0.05) is 12.1 Å². The summed E-state index contributed by atoms with van der Waals surface area (Å²) in [6.45, 7) is 0. The van der Waals surface area contributed by atoms with Crippen molar-refractivity contribution in [3.05, 3.63) is 54.7 Å². The largest absolute Gasteiger partial charge is 0.497 e. The SMILES string of the molecule is COc1ccc(-c2cnc3c(n2)oc2ccccc23)cc1. The van der Waals surface area contributed by atoms with E-state index in [1.165, 1.54) is 0 Å². The lowest BCUT2D eigenvalue weighted by Crippen LogP contribution is -1.87. The zero-order chi connectivity index (χ0) is 14.2. The van der Waals surface area contributed by atoms with Gasteiger partial charge in [0.1, 0.15) is 16.8 Å². The molecule has 2 heterocycles. The summed E-state index contributed by atoms with van der Waals surface area (Å²) in [6, 6.07) is 15.5. The summed E-state index contributed by atoms with van der Waals surface area (Å²) in [4.78, 5) is 9.07. The van der Waals surface area contributed by atoms with Crippen LogP contribution in [0.25, 0.3) is 33.5 Å². The molecule has 4 heteroatoms. The summed E-state index contributed by atoms with van der Waals surface area (Å²) in [5.41, 5.74) is 3.92. The number of rotatable bonds is 2. The van der Waals surface area contributed by atoms with Crippen LogP contribution in [0.15, 0.2) is 59.1 Å². The van der Waals surface area contributed by atoms with Crippen LogP contribution in [0.2, 0.25) is 0 Å².